The number of nitrogens with one attached hydrogen (secondary N) is 2. The van der Waals surface area contributed by atoms with Gasteiger partial charge >= 0.3 is 0 Å². The van der Waals surface area contributed by atoms with E-state index in [1.807, 2.05) is 6.07 Å². The molecule has 1 aliphatic heterocycles. The number of nitrogens with two attached hydrogens (primary N) is 1. The van der Waals surface area contributed by atoms with E-state index in [2.05, 4.69) is 28.4 Å². The molecule has 0 bridgehead atoms. The fraction of sp³-hybridized carbons (Fsp3) is 0.375. The van der Waals surface area contributed by atoms with Crippen LogP contribution in [-0.2, 0) is 0 Å². The van der Waals surface area contributed by atoms with Crippen LogP contribution < -0.4 is 16.1 Å². The van der Waals surface area contributed by atoms with Gasteiger partial charge in [0, 0.05) is 13.1 Å². The maximum absolute atomic E-state index is 9.40. The van der Waals surface area contributed by atoms with Crippen LogP contribution in [0.3, 0.4) is 0 Å². The third kappa shape index (κ3) is 3.98. The van der Waals surface area contributed by atoms with E-state index in [9.17, 15) is 5.26 Å². The molecule has 0 radical (unpaired) electrons. The van der Waals surface area contributed by atoms with E-state index in [1.165, 1.54) is 6.42 Å². The summed E-state index contributed by atoms with van der Waals surface area (Å²) < 4.78 is 0. The summed E-state index contributed by atoms with van der Waals surface area (Å²) in [5, 5.41) is 29.2. The van der Waals surface area contributed by atoms with E-state index in [1.54, 1.807) is 18.2 Å². The molecule has 1 saturated heterocycles. The van der Waals surface area contributed by atoms with E-state index >= 15 is 0 Å². The van der Waals surface area contributed by atoms with Crippen LogP contribution in [0.15, 0.2) is 23.3 Å². The minimum atomic E-state index is -0.403. The summed E-state index contributed by atoms with van der Waals surface area (Å²) in [6.07, 6.45) is 2.34. The molecule has 118 valence electrons. The number of anilines is 2. The lowest BCUT2D eigenvalue weighted by atomic mass is 9.99. The van der Waals surface area contributed by atoms with Gasteiger partial charge in [-0.05, 0) is 37.0 Å². The Bertz CT molecular complexity index is 708. The summed E-state index contributed by atoms with van der Waals surface area (Å²) in [5.41, 5.74) is 9.75. The molecule has 1 atom stereocenters. The van der Waals surface area contributed by atoms with Crippen molar-refractivity contribution >= 4 is 22.9 Å². The molecule has 0 aliphatic carbocycles. The Morgan fingerprint density at radius 1 is 1.48 bits per heavy atom. The fourth-order valence-corrected chi connectivity index (χ4v) is 2.65. The maximum Gasteiger partial charge on any atom is 0.201 e. The Morgan fingerprint density at radius 3 is 2.87 bits per heavy atom. The normalized spacial score (nSPS) is 18.0. The average molecular weight is 309 g/mol. The van der Waals surface area contributed by atoms with Crippen molar-refractivity contribution in [2.24, 2.45) is 16.8 Å². The summed E-state index contributed by atoms with van der Waals surface area (Å²) in [4.78, 5) is 2.23. The largest absolute Gasteiger partial charge is 0.382 e. The van der Waals surface area contributed by atoms with Gasteiger partial charge in [-0.15, -0.1) is 0 Å². The lowest BCUT2D eigenvalue weighted by Crippen LogP contribution is -2.34. The van der Waals surface area contributed by atoms with Crippen molar-refractivity contribution in [2.45, 2.75) is 19.8 Å². The standard InChI is InChI=1S/C16H19N7/c1-11-3-2-6-23(10-11)15-5-4-13(7-12(15)8-17)21-22-14(9-18)16(19)20/h4-5,7,11,21H,2-3,6,10H2,1H3,(H3,19,20)/b22-14+. The van der Waals surface area contributed by atoms with Gasteiger partial charge in [0.05, 0.1) is 16.9 Å². The SMILES string of the molecule is CC1CCCN(c2ccc(N/N=C(\C#N)C(=N)N)cc2C#N)C1. The Morgan fingerprint density at radius 2 is 2.26 bits per heavy atom. The van der Waals surface area contributed by atoms with Crippen LogP contribution in [0.1, 0.15) is 25.3 Å². The van der Waals surface area contributed by atoms with Crippen LogP contribution in [0.5, 0.6) is 0 Å². The highest BCUT2D eigenvalue weighted by atomic mass is 15.3. The van der Waals surface area contributed by atoms with E-state index in [0.29, 0.717) is 17.2 Å². The molecule has 1 aromatic carbocycles. The topological polar surface area (TPSA) is 125 Å². The minimum Gasteiger partial charge on any atom is -0.382 e. The molecule has 0 amide bonds. The summed E-state index contributed by atoms with van der Waals surface area (Å²) in [7, 11) is 0. The molecule has 7 nitrogen and oxygen atoms in total. The smallest absolute Gasteiger partial charge is 0.201 e. The van der Waals surface area contributed by atoms with Crippen LogP contribution in [0.2, 0.25) is 0 Å². The van der Waals surface area contributed by atoms with Gasteiger partial charge in [0.2, 0.25) is 5.71 Å². The van der Waals surface area contributed by atoms with Crippen molar-refractivity contribution < 1.29 is 0 Å². The first-order chi connectivity index (χ1) is 11.0. The Balaban J connectivity index is 2.22. The zero-order valence-corrected chi connectivity index (χ0v) is 13.0. The zero-order valence-electron chi connectivity index (χ0n) is 13.0. The van der Waals surface area contributed by atoms with Crippen LogP contribution in [0.4, 0.5) is 11.4 Å². The number of hydrogen-bond donors (Lipinski definition) is 3. The first-order valence-corrected chi connectivity index (χ1v) is 7.42. The average Bonchev–Trinajstić information content (AvgIpc) is 2.55. The second-order valence-electron chi connectivity index (χ2n) is 5.63. The predicted octanol–water partition coefficient (Wildman–Crippen LogP) is 2.02. The molecule has 0 spiro atoms. The molecule has 1 aromatic rings. The van der Waals surface area contributed by atoms with Crippen LogP contribution >= 0.6 is 0 Å². The lowest BCUT2D eigenvalue weighted by molar-refractivity contribution is 0.446. The Labute approximate surface area is 135 Å². The molecule has 1 aliphatic rings. The van der Waals surface area contributed by atoms with Gasteiger partial charge in [-0.2, -0.15) is 15.6 Å². The maximum atomic E-state index is 9.40. The zero-order chi connectivity index (χ0) is 16.8. The third-order valence-electron chi connectivity index (χ3n) is 3.77. The highest BCUT2D eigenvalue weighted by Gasteiger charge is 2.19. The van der Waals surface area contributed by atoms with Crippen LogP contribution in [0.25, 0.3) is 0 Å². The second-order valence-corrected chi connectivity index (χ2v) is 5.63. The molecule has 7 heteroatoms. The molecular weight excluding hydrogens is 290 g/mol. The Hall–Kier alpha value is -3.06. The number of rotatable bonds is 4. The number of nitriles is 2. The molecule has 1 heterocycles. The molecule has 0 saturated carbocycles. The van der Waals surface area contributed by atoms with Gasteiger partial charge in [-0.1, -0.05) is 6.92 Å². The summed E-state index contributed by atoms with van der Waals surface area (Å²) in [5.74, 6) is 0.214. The number of hydrazone groups is 1. The molecule has 23 heavy (non-hydrogen) atoms. The van der Waals surface area contributed by atoms with Crippen molar-refractivity contribution in [3.8, 4) is 12.1 Å². The molecule has 4 N–H and O–H groups in total. The first kappa shape index (κ1) is 16.3. The fourth-order valence-electron chi connectivity index (χ4n) is 2.65. The molecule has 1 fully saturated rings. The quantitative estimate of drug-likeness (QED) is 0.446. The van der Waals surface area contributed by atoms with Gasteiger partial charge in [-0.3, -0.25) is 10.8 Å². The van der Waals surface area contributed by atoms with Crippen molar-refractivity contribution in [3.05, 3.63) is 23.8 Å². The highest BCUT2D eigenvalue weighted by Crippen LogP contribution is 2.28. The van der Waals surface area contributed by atoms with Crippen molar-refractivity contribution in [2.75, 3.05) is 23.4 Å². The molecule has 2 rings (SSSR count). The van der Waals surface area contributed by atoms with Gasteiger partial charge < -0.3 is 10.6 Å². The number of piperidine rings is 1. The van der Waals surface area contributed by atoms with Crippen molar-refractivity contribution in [3.63, 3.8) is 0 Å². The monoisotopic (exact) mass is 309 g/mol. The summed E-state index contributed by atoms with van der Waals surface area (Å²) in [6.45, 7) is 4.11. The van der Waals surface area contributed by atoms with E-state index in [-0.39, 0.29) is 5.71 Å². The molecule has 1 unspecified atom stereocenters. The van der Waals surface area contributed by atoms with Crippen LogP contribution in [-0.4, -0.2) is 24.6 Å². The summed E-state index contributed by atoms with van der Waals surface area (Å²) >= 11 is 0. The lowest BCUT2D eigenvalue weighted by Gasteiger charge is -2.33. The van der Waals surface area contributed by atoms with E-state index < -0.39 is 5.84 Å². The van der Waals surface area contributed by atoms with Gasteiger partial charge in [0.15, 0.2) is 5.84 Å². The van der Waals surface area contributed by atoms with Gasteiger partial charge in [0.25, 0.3) is 0 Å². The van der Waals surface area contributed by atoms with E-state index in [0.717, 1.165) is 25.2 Å². The molecule has 0 aromatic heterocycles. The minimum absolute atomic E-state index is 0.197. The van der Waals surface area contributed by atoms with Crippen LogP contribution in [0, 0.1) is 34.0 Å². The number of amidine groups is 1. The Kier molecular flexibility index (Phi) is 5.16. The number of hydrogen-bond acceptors (Lipinski definition) is 6. The highest BCUT2D eigenvalue weighted by molar-refractivity contribution is 6.45. The van der Waals surface area contributed by atoms with Crippen molar-refractivity contribution in [1.29, 1.82) is 15.9 Å². The molecular formula is C16H19N7. The van der Waals surface area contributed by atoms with E-state index in [4.69, 9.17) is 16.4 Å². The van der Waals surface area contributed by atoms with Crippen molar-refractivity contribution in [1.82, 2.24) is 0 Å². The number of nitrogens with zero attached hydrogens (tertiary/aromatic N) is 4. The third-order valence-corrected chi connectivity index (χ3v) is 3.77. The van der Waals surface area contributed by atoms with Gasteiger partial charge in [0.1, 0.15) is 12.1 Å². The second kappa shape index (κ2) is 7.28. The summed E-state index contributed by atoms with van der Waals surface area (Å²) in [6, 6.07) is 9.31. The number of benzene rings is 1. The van der Waals surface area contributed by atoms with Gasteiger partial charge in [-0.25, -0.2) is 0 Å². The first-order valence-electron chi connectivity index (χ1n) is 7.42. The predicted molar refractivity (Wildman–Crippen MR) is 90.4 cm³/mol.